The molecule has 1 amide bonds. The molecule has 1 saturated heterocycles. The highest BCUT2D eigenvalue weighted by molar-refractivity contribution is 14.0. The molecule has 3 rings (SSSR count). The number of amides is 1. The quantitative estimate of drug-likeness (QED) is 0.595. The van der Waals surface area contributed by atoms with Crippen LogP contribution in [-0.2, 0) is 24.5 Å². The molecule has 0 saturated carbocycles. The van der Waals surface area contributed by atoms with Crippen molar-refractivity contribution in [3.8, 4) is 0 Å². The van der Waals surface area contributed by atoms with E-state index in [1.807, 2.05) is 25.7 Å². The second-order valence-corrected chi connectivity index (χ2v) is 7.97. The standard InChI is InChI=1S/C17H25F3N6O2.HI/c1-16(2,3)28-15(27)25-5-6-26-12(10-25)8-22-14(26)21-7-11-9-24(4)23-13(11)17(18,19)20;/h9,12H,5-8,10H2,1-4H3,(H,21,22);1H. The zero-order valence-electron chi connectivity index (χ0n) is 16.8. The number of aromatic nitrogens is 2. The third-order valence-electron chi connectivity index (χ3n) is 4.47. The van der Waals surface area contributed by atoms with Gasteiger partial charge < -0.3 is 19.9 Å². The maximum Gasteiger partial charge on any atom is 0.435 e. The Morgan fingerprint density at radius 1 is 1.31 bits per heavy atom. The number of alkyl halides is 3. The number of hydrogen-bond acceptors (Lipinski definition) is 6. The summed E-state index contributed by atoms with van der Waals surface area (Å²) in [6.07, 6.45) is -3.51. The van der Waals surface area contributed by atoms with E-state index in [4.69, 9.17) is 4.74 Å². The molecule has 1 aromatic rings. The van der Waals surface area contributed by atoms with E-state index in [0.717, 1.165) is 4.68 Å². The summed E-state index contributed by atoms with van der Waals surface area (Å²) in [5, 5.41) is 6.50. The summed E-state index contributed by atoms with van der Waals surface area (Å²) in [5.74, 6) is 0.547. The first-order valence-corrected chi connectivity index (χ1v) is 9.06. The van der Waals surface area contributed by atoms with E-state index in [1.165, 1.54) is 13.2 Å². The van der Waals surface area contributed by atoms with Gasteiger partial charge in [-0.15, -0.1) is 24.0 Å². The van der Waals surface area contributed by atoms with Crippen molar-refractivity contribution in [3.05, 3.63) is 17.5 Å². The Morgan fingerprint density at radius 2 is 2.00 bits per heavy atom. The van der Waals surface area contributed by atoms with Crippen LogP contribution in [-0.4, -0.2) is 69.5 Å². The molecule has 2 aliphatic heterocycles. The average molecular weight is 530 g/mol. The van der Waals surface area contributed by atoms with Crippen molar-refractivity contribution in [2.75, 3.05) is 26.2 Å². The third-order valence-corrected chi connectivity index (χ3v) is 4.47. The fraction of sp³-hybridized carbons (Fsp3) is 0.706. The molecular formula is C17H26F3IN6O2. The fourth-order valence-electron chi connectivity index (χ4n) is 3.30. The van der Waals surface area contributed by atoms with Gasteiger partial charge in [-0.3, -0.25) is 9.67 Å². The van der Waals surface area contributed by atoms with Gasteiger partial charge in [0, 0.05) is 45.0 Å². The number of nitrogens with zero attached hydrogens (tertiary/aromatic N) is 5. The van der Waals surface area contributed by atoms with Gasteiger partial charge in [-0.25, -0.2) is 4.79 Å². The number of carbonyl (C=O) groups excluding carboxylic acids is 1. The minimum Gasteiger partial charge on any atom is -0.444 e. The van der Waals surface area contributed by atoms with Gasteiger partial charge in [0.15, 0.2) is 11.7 Å². The molecule has 0 bridgehead atoms. The molecule has 1 fully saturated rings. The van der Waals surface area contributed by atoms with Crippen molar-refractivity contribution in [1.82, 2.24) is 24.9 Å². The Kier molecular flexibility index (Phi) is 6.95. The van der Waals surface area contributed by atoms with Gasteiger partial charge in [-0.1, -0.05) is 0 Å². The SMILES string of the molecule is Cn1cc(CNC2=NCC3CN(C(=O)OC(C)(C)C)CCN23)c(C(F)(F)F)n1.I. The Hall–Kier alpha value is -1.73. The van der Waals surface area contributed by atoms with E-state index in [9.17, 15) is 18.0 Å². The molecule has 3 heterocycles. The summed E-state index contributed by atoms with van der Waals surface area (Å²) in [7, 11) is 1.46. The Balaban J connectivity index is 0.00000300. The lowest BCUT2D eigenvalue weighted by Gasteiger charge is -2.39. The molecule has 1 aromatic heterocycles. The zero-order chi connectivity index (χ0) is 20.7. The summed E-state index contributed by atoms with van der Waals surface area (Å²) >= 11 is 0. The molecule has 164 valence electrons. The molecule has 1 N–H and O–H groups in total. The monoisotopic (exact) mass is 530 g/mol. The summed E-state index contributed by atoms with van der Waals surface area (Å²) < 4.78 is 45.8. The van der Waals surface area contributed by atoms with Crippen LogP contribution in [0.3, 0.4) is 0 Å². The number of piperazine rings is 1. The minimum absolute atomic E-state index is 0. The normalized spacial score (nSPS) is 19.4. The Morgan fingerprint density at radius 3 is 2.62 bits per heavy atom. The van der Waals surface area contributed by atoms with Crippen molar-refractivity contribution in [1.29, 1.82) is 0 Å². The van der Waals surface area contributed by atoms with Gasteiger partial charge in [0.2, 0.25) is 0 Å². The van der Waals surface area contributed by atoms with Gasteiger partial charge >= 0.3 is 12.3 Å². The highest BCUT2D eigenvalue weighted by Crippen LogP contribution is 2.30. The van der Waals surface area contributed by atoms with Gasteiger partial charge in [-0.05, 0) is 20.8 Å². The fourth-order valence-corrected chi connectivity index (χ4v) is 3.30. The van der Waals surface area contributed by atoms with E-state index >= 15 is 0 Å². The first-order chi connectivity index (χ1) is 12.9. The van der Waals surface area contributed by atoms with E-state index < -0.39 is 17.5 Å². The topological polar surface area (TPSA) is 75.0 Å². The van der Waals surface area contributed by atoms with E-state index in [1.54, 1.807) is 4.90 Å². The van der Waals surface area contributed by atoms with Gasteiger partial charge in [0.05, 0.1) is 12.6 Å². The van der Waals surface area contributed by atoms with Crippen molar-refractivity contribution >= 4 is 36.0 Å². The number of halogens is 4. The van der Waals surface area contributed by atoms with Crippen LogP contribution in [0.1, 0.15) is 32.0 Å². The van der Waals surface area contributed by atoms with E-state index in [2.05, 4.69) is 15.4 Å². The maximum absolute atomic E-state index is 13.1. The van der Waals surface area contributed by atoms with E-state index in [0.29, 0.717) is 32.1 Å². The largest absolute Gasteiger partial charge is 0.444 e. The van der Waals surface area contributed by atoms with Crippen molar-refractivity contribution in [3.63, 3.8) is 0 Å². The summed E-state index contributed by atoms with van der Waals surface area (Å²) in [6, 6.07) is -0.0141. The lowest BCUT2D eigenvalue weighted by atomic mass is 10.2. The Bertz CT molecular complexity index is 774. The molecule has 29 heavy (non-hydrogen) atoms. The van der Waals surface area contributed by atoms with Crippen LogP contribution in [0, 0.1) is 0 Å². The van der Waals surface area contributed by atoms with Crippen LogP contribution in [0.4, 0.5) is 18.0 Å². The summed E-state index contributed by atoms with van der Waals surface area (Å²) in [4.78, 5) is 20.3. The van der Waals surface area contributed by atoms with Gasteiger partial charge in [0.25, 0.3) is 0 Å². The Labute approximate surface area is 184 Å². The van der Waals surface area contributed by atoms with E-state index in [-0.39, 0.29) is 48.2 Å². The molecule has 0 aliphatic carbocycles. The zero-order valence-corrected chi connectivity index (χ0v) is 19.1. The molecule has 2 aliphatic rings. The summed E-state index contributed by atoms with van der Waals surface area (Å²) in [5.41, 5.74) is -1.39. The van der Waals surface area contributed by atoms with Gasteiger partial charge in [-0.2, -0.15) is 18.3 Å². The number of ether oxygens (including phenoxy) is 1. The smallest absolute Gasteiger partial charge is 0.435 e. The summed E-state index contributed by atoms with van der Waals surface area (Å²) in [6.45, 7) is 7.35. The molecule has 1 atom stereocenters. The molecule has 8 nitrogen and oxygen atoms in total. The molecular weight excluding hydrogens is 504 g/mol. The van der Waals surface area contributed by atoms with Crippen LogP contribution in [0.5, 0.6) is 0 Å². The van der Waals surface area contributed by atoms with Crippen LogP contribution < -0.4 is 5.32 Å². The van der Waals surface area contributed by atoms with Crippen molar-refractivity contribution in [2.24, 2.45) is 12.0 Å². The third kappa shape index (κ3) is 5.66. The number of guanidine groups is 1. The minimum atomic E-state index is -4.50. The number of aryl methyl sites for hydroxylation is 1. The average Bonchev–Trinajstić information content (AvgIpc) is 3.13. The van der Waals surface area contributed by atoms with Crippen LogP contribution in [0.25, 0.3) is 0 Å². The number of fused-ring (bicyclic) bond motifs is 1. The van der Waals surface area contributed by atoms with Crippen molar-refractivity contribution < 1.29 is 22.7 Å². The van der Waals surface area contributed by atoms with Crippen molar-refractivity contribution in [2.45, 2.75) is 45.1 Å². The second-order valence-electron chi connectivity index (χ2n) is 7.97. The highest BCUT2D eigenvalue weighted by Gasteiger charge is 2.38. The number of aliphatic imine (C=N–C) groups is 1. The number of carbonyl (C=O) groups is 1. The molecule has 12 heteroatoms. The number of rotatable bonds is 2. The lowest BCUT2D eigenvalue weighted by molar-refractivity contribution is -0.142. The predicted octanol–water partition coefficient (Wildman–Crippen LogP) is 2.44. The molecule has 0 radical (unpaired) electrons. The lowest BCUT2D eigenvalue weighted by Crippen LogP contribution is -2.57. The molecule has 0 spiro atoms. The second kappa shape index (κ2) is 8.56. The maximum atomic E-state index is 13.1. The number of hydrogen-bond donors (Lipinski definition) is 1. The first-order valence-electron chi connectivity index (χ1n) is 9.06. The molecule has 0 aromatic carbocycles. The highest BCUT2D eigenvalue weighted by atomic mass is 127. The van der Waals surface area contributed by atoms with Crippen LogP contribution in [0.15, 0.2) is 11.2 Å². The predicted molar refractivity (Wildman–Crippen MR) is 111 cm³/mol. The van der Waals surface area contributed by atoms with Crippen LogP contribution in [0.2, 0.25) is 0 Å². The van der Waals surface area contributed by atoms with Crippen LogP contribution >= 0.6 is 24.0 Å². The van der Waals surface area contributed by atoms with Gasteiger partial charge in [0.1, 0.15) is 5.60 Å². The molecule has 1 unspecified atom stereocenters. The number of nitrogens with one attached hydrogen (secondary N) is 1. The first kappa shape index (κ1) is 23.5.